The minimum atomic E-state index is 0.587. The van der Waals surface area contributed by atoms with Crippen LogP contribution in [0.3, 0.4) is 0 Å². The summed E-state index contributed by atoms with van der Waals surface area (Å²) in [6.45, 7) is 2.79. The first-order chi connectivity index (χ1) is 5.83. The van der Waals surface area contributed by atoms with Crippen LogP contribution in [0.15, 0.2) is 12.4 Å². The molecule has 1 heterocycles. The zero-order valence-electron chi connectivity index (χ0n) is 7.20. The van der Waals surface area contributed by atoms with Crippen LogP contribution < -0.4 is 5.73 Å². The fourth-order valence-corrected chi connectivity index (χ4v) is 1.63. The van der Waals surface area contributed by atoms with Gasteiger partial charge in [0.15, 0.2) is 0 Å². The van der Waals surface area contributed by atoms with Crippen molar-refractivity contribution in [3.05, 3.63) is 23.8 Å². The normalized spacial score (nSPS) is 27.2. The number of nitrogens with zero attached hydrogens (tertiary/aromatic N) is 2. The molecular formula is C9H13N3. The van der Waals surface area contributed by atoms with Gasteiger partial charge in [0.05, 0.1) is 11.4 Å². The monoisotopic (exact) mass is 163 g/mol. The summed E-state index contributed by atoms with van der Waals surface area (Å²) in [4.78, 5) is 8.53. The van der Waals surface area contributed by atoms with Crippen molar-refractivity contribution in [2.75, 3.05) is 6.54 Å². The van der Waals surface area contributed by atoms with E-state index in [4.69, 9.17) is 5.73 Å². The minimum absolute atomic E-state index is 0.587. The van der Waals surface area contributed by atoms with E-state index in [0.29, 0.717) is 11.8 Å². The lowest BCUT2D eigenvalue weighted by molar-refractivity contribution is 0.787. The highest BCUT2D eigenvalue weighted by Crippen LogP contribution is 2.46. The number of rotatable bonds is 2. The van der Waals surface area contributed by atoms with Gasteiger partial charge in [-0.25, -0.2) is 0 Å². The van der Waals surface area contributed by atoms with Gasteiger partial charge >= 0.3 is 0 Å². The summed E-state index contributed by atoms with van der Waals surface area (Å²) in [6, 6.07) is 0. The second-order valence-electron chi connectivity index (χ2n) is 3.36. The first kappa shape index (κ1) is 7.68. The largest absolute Gasteiger partial charge is 0.330 e. The maximum Gasteiger partial charge on any atom is 0.0650 e. The van der Waals surface area contributed by atoms with E-state index >= 15 is 0 Å². The van der Waals surface area contributed by atoms with Crippen LogP contribution in [-0.4, -0.2) is 16.5 Å². The van der Waals surface area contributed by atoms with Crippen LogP contribution in [-0.2, 0) is 0 Å². The summed E-state index contributed by atoms with van der Waals surface area (Å²) < 4.78 is 0. The highest BCUT2D eigenvalue weighted by atomic mass is 14.8. The second kappa shape index (κ2) is 2.83. The molecule has 64 valence electrons. The van der Waals surface area contributed by atoms with Gasteiger partial charge in [0, 0.05) is 18.3 Å². The van der Waals surface area contributed by atoms with Crippen molar-refractivity contribution in [2.45, 2.75) is 19.3 Å². The summed E-state index contributed by atoms with van der Waals surface area (Å²) in [6.07, 6.45) is 4.68. The van der Waals surface area contributed by atoms with Crippen LogP contribution >= 0.6 is 0 Å². The standard InChI is InChI=1S/C9H13N3/c1-6-9(12-3-2-11-6)8-4-7(8)5-10/h2-3,7-8H,4-5,10H2,1H3. The second-order valence-corrected chi connectivity index (χ2v) is 3.36. The molecule has 0 bridgehead atoms. The molecule has 0 radical (unpaired) electrons. The van der Waals surface area contributed by atoms with E-state index in [0.717, 1.165) is 17.9 Å². The quantitative estimate of drug-likeness (QED) is 0.703. The lowest BCUT2D eigenvalue weighted by Gasteiger charge is -2.00. The molecular weight excluding hydrogens is 150 g/mol. The van der Waals surface area contributed by atoms with Crippen molar-refractivity contribution in [3.63, 3.8) is 0 Å². The van der Waals surface area contributed by atoms with Gasteiger partial charge < -0.3 is 5.73 Å². The molecule has 2 rings (SSSR count). The summed E-state index contributed by atoms with van der Waals surface area (Å²) >= 11 is 0. The molecule has 3 heteroatoms. The predicted octanol–water partition coefficient (Wildman–Crippen LogP) is 0.847. The first-order valence-electron chi connectivity index (χ1n) is 4.30. The van der Waals surface area contributed by atoms with Gasteiger partial charge in [-0.15, -0.1) is 0 Å². The van der Waals surface area contributed by atoms with Gasteiger partial charge in [-0.05, 0) is 25.8 Å². The highest BCUT2D eigenvalue weighted by molar-refractivity contribution is 5.21. The Kier molecular flexibility index (Phi) is 1.81. The van der Waals surface area contributed by atoms with Crippen LogP contribution in [0.25, 0.3) is 0 Å². The Hall–Kier alpha value is -0.960. The molecule has 1 saturated carbocycles. The smallest absolute Gasteiger partial charge is 0.0650 e. The Balaban J connectivity index is 2.19. The average molecular weight is 163 g/mol. The zero-order valence-corrected chi connectivity index (χ0v) is 7.20. The molecule has 0 spiro atoms. The third-order valence-corrected chi connectivity index (χ3v) is 2.50. The molecule has 0 aromatic carbocycles. The first-order valence-corrected chi connectivity index (χ1v) is 4.30. The molecule has 12 heavy (non-hydrogen) atoms. The zero-order chi connectivity index (χ0) is 8.55. The Morgan fingerprint density at radius 2 is 2.25 bits per heavy atom. The number of hydrogen-bond donors (Lipinski definition) is 1. The Labute approximate surface area is 72.0 Å². The van der Waals surface area contributed by atoms with E-state index in [-0.39, 0.29) is 0 Å². The van der Waals surface area contributed by atoms with Crippen LogP contribution in [0, 0.1) is 12.8 Å². The molecule has 1 aliphatic carbocycles. The van der Waals surface area contributed by atoms with Crippen LogP contribution in [0.2, 0.25) is 0 Å². The van der Waals surface area contributed by atoms with Crippen LogP contribution in [0.4, 0.5) is 0 Å². The van der Waals surface area contributed by atoms with E-state index in [2.05, 4.69) is 9.97 Å². The molecule has 0 aliphatic heterocycles. The Morgan fingerprint density at radius 1 is 1.50 bits per heavy atom. The van der Waals surface area contributed by atoms with Crippen molar-refractivity contribution >= 4 is 0 Å². The van der Waals surface area contributed by atoms with Crippen LogP contribution in [0.1, 0.15) is 23.7 Å². The van der Waals surface area contributed by atoms with Crippen LogP contribution in [0.5, 0.6) is 0 Å². The molecule has 1 aromatic rings. The molecule has 0 saturated heterocycles. The van der Waals surface area contributed by atoms with Crippen molar-refractivity contribution in [1.82, 2.24) is 9.97 Å². The van der Waals surface area contributed by atoms with E-state index in [1.807, 2.05) is 6.92 Å². The topological polar surface area (TPSA) is 51.8 Å². The maximum absolute atomic E-state index is 5.56. The van der Waals surface area contributed by atoms with Gasteiger partial charge in [0.25, 0.3) is 0 Å². The van der Waals surface area contributed by atoms with Crippen molar-refractivity contribution in [2.24, 2.45) is 11.7 Å². The third kappa shape index (κ3) is 1.20. The summed E-state index contributed by atoms with van der Waals surface area (Å²) in [5.41, 5.74) is 7.76. The molecule has 1 fully saturated rings. The lowest BCUT2D eigenvalue weighted by atomic mass is 10.2. The number of nitrogens with two attached hydrogens (primary N) is 1. The summed E-state index contributed by atoms with van der Waals surface area (Å²) in [7, 11) is 0. The molecule has 0 amide bonds. The van der Waals surface area contributed by atoms with Crippen molar-refractivity contribution in [3.8, 4) is 0 Å². The minimum Gasteiger partial charge on any atom is -0.330 e. The Morgan fingerprint density at radius 3 is 2.83 bits per heavy atom. The van der Waals surface area contributed by atoms with Crippen molar-refractivity contribution < 1.29 is 0 Å². The maximum atomic E-state index is 5.56. The summed E-state index contributed by atoms with van der Waals surface area (Å²) in [5.74, 6) is 1.24. The third-order valence-electron chi connectivity index (χ3n) is 2.50. The van der Waals surface area contributed by atoms with Gasteiger partial charge in [-0.1, -0.05) is 0 Å². The van der Waals surface area contributed by atoms with E-state index < -0.39 is 0 Å². The molecule has 3 nitrogen and oxygen atoms in total. The average Bonchev–Trinajstić information content (AvgIpc) is 2.84. The fraction of sp³-hybridized carbons (Fsp3) is 0.556. The molecule has 2 N–H and O–H groups in total. The van der Waals surface area contributed by atoms with Crippen molar-refractivity contribution in [1.29, 1.82) is 0 Å². The molecule has 1 aliphatic rings. The van der Waals surface area contributed by atoms with Gasteiger partial charge in [0.2, 0.25) is 0 Å². The number of hydrogen-bond acceptors (Lipinski definition) is 3. The molecule has 2 unspecified atom stereocenters. The number of aromatic nitrogens is 2. The van der Waals surface area contributed by atoms with E-state index in [1.165, 1.54) is 6.42 Å². The van der Waals surface area contributed by atoms with Gasteiger partial charge in [-0.3, -0.25) is 9.97 Å². The van der Waals surface area contributed by atoms with E-state index in [9.17, 15) is 0 Å². The van der Waals surface area contributed by atoms with E-state index in [1.54, 1.807) is 12.4 Å². The lowest BCUT2D eigenvalue weighted by Crippen LogP contribution is -2.03. The van der Waals surface area contributed by atoms with Gasteiger partial charge in [-0.2, -0.15) is 0 Å². The predicted molar refractivity (Wildman–Crippen MR) is 46.7 cm³/mol. The summed E-state index contributed by atoms with van der Waals surface area (Å²) in [5, 5.41) is 0. The molecule has 2 atom stereocenters. The SMILES string of the molecule is Cc1nccnc1C1CC1CN. The molecule has 1 aromatic heterocycles. The Bertz CT molecular complexity index is 285. The highest BCUT2D eigenvalue weighted by Gasteiger charge is 2.39. The number of aryl methyl sites for hydroxylation is 1. The van der Waals surface area contributed by atoms with Gasteiger partial charge in [0.1, 0.15) is 0 Å². The fourth-order valence-electron chi connectivity index (χ4n) is 1.63.